The predicted molar refractivity (Wildman–Crippen MR) is 114 cm³/mol. The molecule has 0 aliphatic carbocycles. The number of amides is 1. The number of hydrogen-bond donors (Lipinski definition) is 1. The van der Waals surface area contributed by atoms with Crippen LogP contribution in [0.15, 0.2) is 54.6 Å². The van der Waals surface area contributed by atoms with E-state index in [1.165, 1.54) is 20.3 Å². The zero-order valence-corrected chi connectivity index (χ0v) is 17.2. The molecule has 0 radical (unpaired) electrons. The lowest BCUT2D eigenvalue weighted by atomic mass is 10.1. The van der Waals surface area contributed by atoms with Gasteiger partial charge in [-0.15, -0.1) is 0 Å². The van der Waals surface area contributed by atoms with E-state index in [1.54, 1.807) is 49.6 Å². The number of rotatable bonds is 10. The number of hydrogen-bond acceptors (Lipinski definition) is 6. The first-order valence-electron chi connectivity index (χ1n) is 9.08. The minimum atomic E-state index is -0.499. The minimum absolute atomic E-state index is 0.0377. The summed E-state index contributed by atoms with van der Waals surface area (Å²) < 4.78 is 21.3. The van der Waals surface area contributed by atoms with Crippen molar-refractivity contribution < 1.29 is 23.7 Å². The van der Waals surface area contributed by atoms with Gasteiger partial charge in [0.2, 0.25) is 0 Å². The molecule has 0 atom stereocenters. The Balaban J connectivity index is 2.15. The zero-order chi connectivity index (χ0) is 21.9. The van der Waals surface area contributed by atoms with Crippen LogP contribution in [0.25, 0.3) is 6.08 Å². The third-order valence-corrected chi connectivity index (χ3v) is 4.15. The van der Waals surface area contributed by atoms with Crippen molar-refractivity contribution >= 4 is 12.0 Å². The standard InChI is InChI=1S/C23H24N2O5/c1-5-10-30-20-9-6-16(12-22(20)29-4)11-18(14-24)23(26)25-15-17-7-8-19(27-2)13-21(17)28-3/h5-9,11-13H,1,10,15H2,2-4H3,(H,25,26)/b18-11+. The summed E-state index contributed by atoms with van der Waals surface area (Å²) in [5, 5.41) is 12.2. The molecule has 0 saturated carbocycles. The Kier molecular flexibility index (Phi) is 8.33. The monoisotopic (exact) mass is 408 g/mol. The first-order valence-corrected chi connectivity index (χ1v) is 9.08. The highest BCUT2D eigenvalue weighted by atomic mass is 16.5. The van der Waals surface area contributed by atoms with E-state index in [9.17, 15) is 10.1 Å². The van der Waals surface area contributed by atoms with Gasteiger partial charge in [-0.1, -0.05) is 18.7 Å². The Morgan fingerprint density at radius 1 is 1.07 bits per heavy atom. The SMILES string of the molecule is C=CCOc1ccc(/C=C(\C#N)C(=O)NCc2ccc(OC)cc2OC)cc1OC. The smallest absolute Gasteiger partial charge is 0.262 e. The van der Waals surface area contributed by atoms with Crippen LogP contribution in [0.5, 0.6) is 23.0 Å². The highest BCUT2D eigenvalue weighted by Gasteiger charge is 2.12. The molecule has 0 aliphatic heterocycles. The summed E-state index contributed by atoms with van der Waals surface area (Å²) >= 11 is 0. The number of ether oxygens (including phenoxy) is 4. The predicted octanol–water partition coefficient (Wildman–Crippen LogP) is 3.50. The van der Waals surface area contributed by atoms with Gasteiger partial charge in [-0.25, -0.2) is 0 Å². The number of benzene rings is 2. The molecule has 2 aromatic rings. The first-order chi connectivity index (χ1) is 14.6. The van der Waals surface area contributed by atoms with Gasteiger partial charge >= 0.3 is 0 Å². The Morgan fingerprint density at radius 2 is 1.83 bits per heavy atom. The van der Waals surface area contributed by atoms with Crippen molar-refractivity contribution in [2.75, 3.05) is 27.9 Å². The second-order valence-electron chi connectivity index (χ2n) is 6.04. The van der Waals surface area contributed by atoms with Crippen molar-refractivity contribution in [2.24, 2.45) is 0 Å². The van der Waals surface area contributed by atoms with Gasteiger partial charge in [0.15, 0.2) is 11.5 Å². The van der Waals surface area contributed by atoms with Crippen molar-refractivity contribution in [3.8, 4) is 29.1 Å². The van der Waals surface area contributed by atoms with Gasteiger partial charge < -0.3 is 24.3 Å². The normalized spacial score (nSPS) is 10.5. The first kappa shape index (κ1) is 22.4. The third-order valence-electron chi connectivity index (χ3n) is 4.15. The Morgan fingerprint density at radius 3 is 2.47 bits per heavy atom. The molecule has 7 heteroatoms. The Bertz CT molecular complexity index is 976. The van der Waals surface area contributed by atoms with Gasteiger partial charge in [-0.05, 0) is 35.9 Å². The zero-order valence-electron chi connectivity index (χ0n) is 17.2. The summed E-state index contributed by atoms with van der Waals surface area (Å²) in [4.78, 5) is 12.5. The fraction of sp³-hybridized carbons (Fsp3) is 0.217. The maximum Gasteiger partial charge on any atom is 0.262 e. The molecule has 0 bridgehead atoms. The molecular formula is C23H24N2O5. The number of nitriles is 1. The van der Waals surface area contributed by atoms with E-state index >= 15 is 0 Å². The number of nitrogens with one attached hydrogen (secondary N) is 1. The molecule has 7 nitrogen and oxygen atoms in total. The number of nitrogens with zero attached hydrogens (tertiary/aromatic N) is 1. The van der Waals surface area contributed by atoms with E-state index in [1.807, 2.05) is 6.07 Å². The van der Waals surface area contributed by atoms with Crippen molar-refractivity contribution in [3.63, 3.8) is 0 Å². The Hall–Kier alpha value is -3.92. The van der Waals surface area contributed by atoms with Crippen LogP contribution in [0.4, 0.5) is 0 Å². The summed E-state index contributed by atoms with van der Waals surface area (Å²) in [6, 6.07) is 12.4. The van der Waals surface area contributed by atoms with Crippen LogP contribution in [0, 0.1) is 11.3 Å². The van der Waals surface area contributed by atoms with Crippen molar-refractivity contribution in [1.82, 2.24) is 5.32 Å². The van der Waals surface area contributed by atoms with E-state index in [0.29, 0.717) is 35.2 Å². The molecule has 0 saturated heterocycles. The molecule has 1 N–H and O–H groups in total. The topological polar surface area (TPSA) is 89.8 Å². The van der Waals surface area contributed by atoms with Gasteiger partial charge in [-0.2, -0.15) is 5.26 Å². The summed E-state index contributed by atoms with van der Waals surface area (Å²) in [7, 11) is 4.62. The summed E-state index contributed by atoms with van der Waals surface area (Å²) in [6.45, 7) is 4.14. The van der Waals surface area contributed by atoms with Crippen LogP contribution in [0.3, 0.4) is 0 Å². The van der Waals surface area contributed by atoms with Gasteiger partial charge in [0.25, 0.3) is 5.91 Å². The van der Waals surface area contributed by atoms with E-state index in [4.69, 9.17) is 18.9 Å². The third kappa shape index (κ3) is 5.79. The molecule has 156 valence electrons. The lowest BCUT2D eigenvalue weighted by molar-refractivity contribution is -0.117. The minimum Gasteiger partial charge on any atom is -0.497 e. The van der Waals surface area contributed by atoms with Crippen LogP contribution < -0.4 is 24.3 Å². The second-order valence-corrected chi connectivity index (χ2v) is 6.04. The molecule has 2 rings (SSSR count). The summed E-state index contributed by atoms with van der Waals surface area (Å²) in [5.41, 5.74) is 1.35. The van der Waals surface area contributed by atoms with Crippen molar-refractivity contribution in [1.29, 1.82) is 5.26 Å². The van der Waals surface area contributed by atoms with Crippen LogP contribution in [-0.2, 0) is 11.3 Å². The molecule has 0 aromatic heterocycles. The molecular weight excluding hydrogens is 384 g/mol. The summed E-state index contributed by atoms with van der Waals surface area (Å²) in [5.74, 6) is 1.77. The highest BCUT2D eigenvalue weighted by molar-refractivity contribution is 6.01. The molecule has 1 amide bonds. The van der Waals surface area contributed by atoms with Crippen LogP contribution in [0.1, 0.15) is 11.1 Å². The highest BCUT2D eigenvalue weighted by Crippen LogP contribution is 2.29. The quantitative estimate of drug-likeness (QED) is 0.368. The van der Waals surface area contributed by atoms with Gasteiger partial charge in [0.1, 0.15) is 29.7 Å². The van der Waals surface area contributed by atoms with E-state index in [2.05, 4.69) is 11.9 Å². The maximum atomic E-state index is 12.5. The number of methoxy groups -OCH3 is 3. The molecule has 0 spiro atoms. The Labute approximate surface area is 176 Å². The lowest BCUT2D eigenvalue weighted by Gasteiger charge is -2.11. The molecule has 0 unspecified atom stereocenters. The molecule has 0 aliphatic rings. The van der Waals surface area contributed by atoms with E-state index in [0.717, 1.165) is 5.56 Å². The molecule has 0 heterocycles. The average molecular weight is 408 g/mol. The van der Waals surface area contributed by atoms with Crippen LogP contribution >= 0.6 is 0 Å². The second kappa shape index (κ2) is 11.2. The van der Waals surface area contributed by atoms with E-state index < -0.39 is 5.91 Å². The van der Waals surface area contributed by atoms with Gasteiger partial charge in [0.05, 0.1) is 21.3 Å². The van der Waals surface area contributed by atoms with Gasteiger partial charge in [0, 0.05) is 18.2 Å². The van der Waals surface area contributed by atoms with Crippen molar-refractivity contribution in [3.05, 3.63) is 65.8 Å². The van der Waals surface area contributed by atoms with Crippen LogP contribution in [0.2, 0.25) is 0 Å². The fourth-order valence-corrected chi connectivity index (χ4v) is 2.63. The molecule has 30 heavy (non-hydrogen) atoms. The molecule has 0 fully saturated rings. The largest absolute Gasteiger partial charge is 0.497 e. The maximum absolute atomic E-state index is 12.5. The lowest BCUT2D eigenvalue weighted by Crippen LogP contribution is -2.24. The van der Waals surface area contributed by atoms with Crippen molar-refractivity contribution in [2.45, 2.75) is 6.54 Å². The van der Waals surface area contributed by atoms with Crippen LogP contribution in [-0.4, -0.2) is 33.8 Å². The fourth-order valence-electron chi connectivity index (χ4n) is 2.63. The number of carbonyl (C=O) groups is 1. The summed E-state index contributed by atoms with van der Waals surface area (Å²) in [6.07, 6.45) is 3.11. The molecule has 2 aromatic carbocycles. The number of carbonyl (C=O) groups excluding carboxylic acids is 1. The van der Waals surface area contributed by atoms with E-state index in [-0.39, 0.29) is 12.1 Å². The van der Waals surface area contributed by atoms with Gasteiger partial charge in [-0.3, -0.25) is 4.79 Å². The average Bonchev–Trinajstić information content (AvgIpc) is 2.79.